The van der Waals surface area contributed by atoms with Crippen molar-refractivity contribution < 1.29 is 9.53 Å². The number of rotatable bonds is 6. The summed E-state index contributed by atoms with van der Waals surface area (Å²) in [5.74, 6) is 1.22. The molecule has 0 atom stereocenters. The molecule has 1 fully saturated rings. The summed E-state index contributed by atoms with van der Waals surface area (Å²) in [6.07, 6.45) is 6.32. The summed E-state index contributed by atoms with van der Waals surface area (Å²) >= 11 is 0. The van der Waals surface area contributed by atoms with Crippen molar-refractivity contribution >= 4 is 5.78 Å². The summed E-state index contributed by atoms with van der Waals surface area (Å²) < 4.78 is 7.86. The molecule has 4 rings (SSSR count). The van der Waals surface area contributed by atoms with Crippen LogP contribution in [0.3, 0.4) is 0 Å². The van der Waals surface area contributed by atoms with Crippen LogP contribution < -0.4 is 4.74 Å². The van der Waals surface area contributed by atoms with Gasteiger partial charge >= 0.3 is 0 Å². The van der Waals surface area contributed by atoms with Crippen molar-refractivity contribution in [3.05, 3.63) is 77.9 Å². The monoisotopic (exact) mass is 332 g/mol. The molecule has 0 radical (unpaired) electrons. The molecule has 0 unspecified atom stereocenters. The molecule has 4 heteroatoms. The second-order valence-electron chi connectivity index (χ2n) is 6.49. The Morgan fingerprint density at radius 3 is 2.72 bits per heavy atom. The van der Waals surface area contributed by atoms with Crippen LogP contribution in [0.1, 0.15) is 47.3 Å². The summed E-state index contributed by atoms with van der Waals surface area (Å²) in [6.45, 7) is 2.01. The van der Waals surface area contributed by atoms with E-state index in [4.69, 9.17) is 4.74 Å². The van der Waals surface area contributed by atoms with Crippen molar-refractivity contribution in [3.63, 3.8) is 0 Å². The van der Waals surface area contributed by atoms with Crippen LogP contribution in [0.25, 0.3) is 5.69 Å². The quantitative estimate of drug-likeness (QED) is 0.623. The largest absolute Gasteiger partial charge is 0.488 e. The number of aromatic nitrogens is 2. The van der Waals surface area contributed by atoms with Crippen LogP contribution in [-0.4, -0.2) is 15.3 Å². The highest BCUT2D eigenvalue weighted by Gasteiger charge is 2.25. The number of hydrogen-bond acceptors (Lipinski definition) is 3. The van der Waals surface area contributed by atoms with Gasteiger partial charge in [-0.3, -0.25) is 4.79 Å². The summed E-state index contributed by atoms with van der Waals surface area (Å²) in [5.41, 5.74) is 3.73. The van der Waals surface area contributed by atoms with Gasteiger partial charge in [-0.05, 0) is 43.5 Å². The molecule has 4 nitrogen and oxygen atoms in total. The minimum absolute atomic E-state index is 0.00700. The van der Waals surface area contributed by atoms with E-state index in [1.54, 1.807) is 6.92 Å². The van der Waals surface area contributed by atoms with Crippen LogP contribution in [0.15, 0.2) is 61.1 Å². The maximum atomic E-state index is 12.1. The number of hydrogen-bond donors (Lipinski definition) is 0. The molecule has 0 amide bonds. The van der Waals surface area contributed by atoms with Crippen LogP contribution in [0.5, 0.6) is 5.75 Å². The van der Waals surface area contributed by atoms with E-state index in [-0.39, 0.29) is 5.78 Å². The van der Waals surface area contributed by atoms with E-state index in [0.29, 0.717) is 23.8 Å². The van der Waals surface area contributed by atoms with Crippen LogP contribution in [-0.2, 0) is 6.61 Å². The second kappa shape index (κ2) is 6.55. The van der Waals surface area contributed by atoms with Gasteiger partial charge in [0.2, 0.25) is 0 Å². The normalized spacial score (nSPS) is 13.6. The molecule has 1 saturated carbocycles. The van der Waals surface area contributed by atoms with Crippen molar-refractivity contribution in [1.82, 2.24) is 9.55 Å². The fourth-order valence-corrected chi connectivity index (χ4v) is 2.88. The highest BCUT2D eigenvalue weighted by Crippen LogP contribution is 2.39. The van der Waals surface area contributed by atoms with Gasteiger partial charge in [0.15, 0.2) is 5.78 Å². The first kappa shape index (κ1) is 15.6. The van der Waals surface area contributed by atoms with Crippen LogP contribution in [0, 0.1) is 0 Å². The van der Waals surface area contributed by atoms with Gasteiger partial charge in [0.05, 0.1) is 17.6 Å². The van der Waals surface area contributed by atoms with E-state index >= 15 is 0 Å². The Morgan fingerprint density at radius 1 is 1.20 bits per heavy atom. The third-order valence-corrected chi connectivity index (χ3v) is 4.48. The Bertz CT molecular complexity index is 895. The van der Waals surface area contributed by atoms with Gasteiger partial charge in [0.25, 0.3) is 0 Å². The number of carbonyl (C=O) groups excluding carboxylic acids is 1. The van der Waals surface area contributed by atoms with Gasteiger partial charge in [-0.1, -0.05) is 30.3 Å². The second-order valence-corrected chi connectivity index (χ2v) is 6.49. The van der Waals surface area contributed by atoms with E-state index in [2.05, 4.69) is 11.2 Å². The molecule has 0 saturated heterocycles. The Hall–Kier alpha value is -2.88. The summed E-state index contributed by atoms with van der Waals surface area (Å²) in [7, 11) is 0. The lowest BCUT2D eigenvalue weighted by Gasteiger charge is -2.12. The third-order valence-electron chi connectivity index (χ3n) is 4.48. The molecule has 126 valence electrons. The maximum Gasteiger partial charge on any atom is 0.163 e. The smallest absolute Gasteiger partial charge is 0.163 e. The standard InChI is InChI=1S/C21H20N2O2/c1-15(24)19-11-18(23-12-20(22-14-23)17-7-8-17)9-10-21(19)25-13-16-5-3-2-4-6-16/h2-6,9-12,14,17H,7-8,13H2,1H3. The minimum atomic E-state index is -0.00700. The molecule has 1 aliphatic carbocycles. The van der Waals surface area contributed by atoms with Crippen molar-refractivity contribution in [2.24, 2.45) is 0 Å². The van der Waals surface area contributed by atoms with Gasteiger partial charge in [0, 0.05) is 17.8 Å². The number of Topliss-reactive ketones (excluding diaryl/α,β-unsaturated/α-hetero) is 1. The van der Waals surface area contributed by atoms with Gasteiger partial charge < -0.3 is 9.30 Å². The van der Waals surface area contributed by atoms with Crippen molar-refractivity contribution in [2.75, 3.05) is 0 Å². The van der Waals surface area contributed by atoms with Crippen LogP contribution in [0.4, 0.5) is 0 Å². The Balaban J connectivity index is 1.58. The molecule has 0 aliphatic heterocycles. The highest BCUT2D eigenvalue weighted by molar-refractivity contribution is 5.97. The lowest BCUT2D eigenvalue weighted by molar-refractivity contribution is 0.101. The van der Waals surface area contributed by atoms with Gasteiger partial charge in [-0.2, -0.15) is 0 Å². The van der Waals surface area contributed by atoms with Crippen molar-refractivity contribution in [1.29, 1.82) is 0 Å². The Kier molecular flexibility index (Phi) is 4.10. The van der Waals surface area contributed by atoms with Gasteiger partial charge in [-0.25, -0.2) is 4.98 Å². The SMILES string of the molecule is CC(=O)c1cc(-n2cnc(C3CC3)c2)ccc1OCc1ccccc1. The Morgan fingerprint density at radius 2 is 2.00 bits per heavy atom. The predicted molar refractivity (Wildman–Crippen MR) is 96.3 cm³/mol. The Labute approximate surface area is 147 Å². The van der Waals surface area contributed by atoms with Crippen LogP contribution >= 0.6 is 0 Å². The number of benzene rings is 2. The minimum Gasteiger partial charge on any atom is -0.488 e. The number of carbonyl (C=O) groups is 1. The molecule has 2 aromatic carbocycles. The third kappa shape index (κ3) is 3.48. The molecule has 0 bridgehead atoms. The molecular weight excluding hydrogens is 312 g/mol. The van der Waals surface area contributed by atoms with Crippen molar-refractivity contribution in [2.45, 2.75) is 32.3 Å². The number of ketones is 1. The number of ether oxygens (including phenoxy) is 1. The summed E-state index contributed by atoms with van der Waals surface area (Å²) in [5, 5.41) is 0. The molecule has 1 heterocycles. The molecular formula is C21H20N2O2. The summed E-state index contributed by atoms with van der Waals surface area (Å²) in [6, 6.07) is 15.6. The molecule has 25 heavy (non-hydrogen) atoms. The molecule has 0 N–H and O–H groups in total. The molecule has 1 aliphatic rings. The first-order chi connectivity index (χ1) is 12.2. The molecule has 0 spiro atoms. The predicted octanol–water partition coefficient (Wildman–Crippen LogP) is 4.53. The lowest BCUT2D eigenvalue weighted by atomic mass is 10.1. The van der Waals surface area contributed by atoms with Crippen LogP contribution in [0.2, 0.25) is 0 Å². The number of nitrogens with zero attached hydrogens (tertiary/aromatic N) is 2. The van der Waals surface area contributed by atoms with E-state index in [9.17, 15) is 4.79 Å². The summed E-state index contributed by atoms with van der Waals surface area (Å²) in [4.78, 5) is 16.6. The first-order valence-corrected chi connectivity index (χ1v) is 8.56. The average molecular weight is 332 g/mol. The topological polar surface area (TPSA) is 44.1 Å². The van der Waals surface area contributed by atoms with E-state index in [1.165, 1.54) is 12.8 Å². The molecule has 3 aromatic rings. The van der Waals surface area contributed by atoms with Crippen molar-refractivity contribution in [3.8, 4) is 11.4 Å². The fourth-order valence-electron chi connectivity index (χ4n) is 2.88. The first-order valence-electron chi connectivity index (χ1n) is 8.56. The zero-order valence-electron chi connectivity index (χ0n) is 14.2. The zero-order valence-corrected chi connectivity index (χ0v) is 14.2. The average Bonchev–Trinajstić information content (AvgIpc) is 3.37. The van der Waals surface area contributed by atoms with E-state index in [1.807, 2.05) is 59.4 Å². The number of imidazole rings is 1. The van der Waals surface area contributed by atoms with Gasteiger partial charge in [-0.15, -0.1) is 0 Å². The van der Waals surface area contributed by atoms with E-state index in [0.717, 1.165) is 16.9 Å². The van der Waals surface area contributed by atoms with E-state index < -0.39 is 0 Å². The maximum absolute atomic E-state index is 12.1. The highest BCUT2D eigenvalue weighted by atomic mass is 16.5. The molecule has 1 aromatic heterocycles. The zero-order chi connectivity index (χ0) is 17.2. The fraction of sp³-hybridized carbons (Fsp3) is 0.238. The van der Waals surface area contributed by atoms with Gasteiger partial charge in [0.1, 0.15) is 12.4 Å². The lowest BCUT2D eigenvalue weighted by Crippen LogP contribution is -2.03.